The van der Waals surface area contributed by atoms with E-state index in [9.17, 15) is 13.6 Å². The highest BCUT2D eigenvalue weighted by molar-refractivity contribution is 6.03. The Bertz CT molecular complexity index is 529. The SMILES string of the molecule is CNC(=O)NC(=NCC1CC1)Nc1ccc(F)cc1F. The molecule has 0 unspecified atom stereocenters. The molecule has 1 fully saturated rings. The van der Waals surface area contributed by atoms with E-state index in [-0.39, 0.29) is 11.6 Å². The van der Waals surface area contributed by atoms with Gasteiger partial charge in [0.05, 0.1) is 5.69 Å². The van der Waals surface area contributed by atoms with Crippen molar-refractivity contribution in [1.29, 1.82) is 0 Å². The van der Waals surface area contributed by atoms with Crippen molar-refractivity contribution in [2.24, 2.45) is 10.9 Å². The molecular weight excluding hydrogens is 266 g/mol. The normalized spacial score (nSPS) is 14.8. The number of urea groups is 1. The molecule has 0 radical (unpaired) electrons. The number of nitrogens with zero attached hydrogens (tertiary/aromatic N) is 1. The molecule has 7 heteroatoms. The van der Waals surface area contributed by atoms with Crippen LogP contribution in [0.4, 0.5) is 19.3 Å². The van der Waals surface area contributed by atoms with Gasteiger partial charge < -0.3 is 10.6 Å². The molecule has 5 nitrogen and oxygen atoms in total. The maximum absolute atomic E-state index is 13.6. The molecule has 2 rings (SSSR count). The van der Waals surface area contributed by atoms with Crippen molar-refractivity contribution in [3.63, 3.8) is 0 Å². The first-order valence-corrected chi connectivity index (χ1v) is 6.33. The Hall–Kier alpha value is -2.18. The second-order valence-electron chi connectivity index (χ2n) is 4.59. The van der Waals surface area contributed by atoms with Crippen molar-refractivity contribution < 1.29 is 13.6 Å². The standard InChI is InChI=1S/C13H16F2N4O/c1-16-13(20)19-12(17-7-8-2-3-8)18-11-5-4-9(14)6-10(11)15/h4-6,8H,2-3,7H2,1H3,(H3,16,17,18,19,20). The maximum Gasteiger partial charge on any atom is 0.321 e. The van der Waals surface area contributed by atoms with Crippen molar-refractivity contribution in [2.75, 3.05) is 18.9 Å². The van der Waals surface area contributed by atoms with Gasteiger partial charge in [-0.15, -0.1) is 0 Å². The zero-order valence-electron chi connectivity index (χ0n) is 11.0. The van der Waals surface area contributed by atoms with Crippen molar-refractivity contribution in [1.82, 2.24) is 10.6 Å². The van der Waals surface area contributed by atoms with Gasteiger partial charge in [-0.2, -0.15) is 0 Å². The summed E-state index contributed by atoms with van der Waals surface area (Å²) in [7, 11) is 1.46. The summed E-state index contributed by atoms with van der Waals surface area (Å²) in [6, 6.07) is 2.68. The number of carbonyl (C=O) groups excluding carboxylic acids is 1. The number of aliphatic imine (C=N–C) groups is 1. The van der Waals surface area contributed by atoms with E-state index in [1.165, 1.54) is 13.1 Å². The molecule has 1 aliphatic carbocycles. The van der Waals surface area contributed by atoms with E-state index >= 15 is 0 Å². The molecule has 108 valence electrons. The number of carbonyl (C=O) groups is 1. The predicted molar refractivity (Wildman–Crippen MR) is 72.6 cm³/mol. The van der Waals surface area contributed by atoms with Crippen molar-refractivity contribution in [2.45, 2.75) is 12.8 Å². The van der Waals surface area contributed by atoms with E-state index in [1.54, 1.807) is 0 Å². The highest BCUT2D eigenvalue weighted by atomic mass is 19.1. The monoisotopic (exact) mass is 282 g/mol. The number of guanidine groups is 1. The van der Waals surface area contributed by atoms with Crippen LogP contribution in [0.15, 0.2) is 23.2 Å². The summed E-state index contributed by atoms with van der Waals surface area (Å²) < 4.78 is 26.4. The second kappa shape index (κ2) is 6.31. The fraction of sp³-hybridized carbons (Fsp3) is 0.385. The molecule has 20 heavy (non-hydrogen) atoms. The molecule has 0 heterocycles. The smallest absolute Gasteiger partial charge is 0.321 e. The van der Waals surface area contributed by atoms with Crippen LogP contribution in [-0.4, -0.2) is 25.6 Å². The lowest BCUT2D eigenvalue weighted by atomic mass is 10.3. The molecular formula is C13H16F2N4O. The van der Waals surface area contributed by atoms with E-state index in [0.29, 0.717) is 12.5 Å². The van der Waals surface area contributed by atoms with E-state index in [4.69, 9.17) is 0 Å². The van der Waals surface area contributed by atoms with Gasteiger partial charge in [-0.05, 0) is 30.9 Å². The predicted octanol–water partition coefficient (Wildman–Crippen LogP) is 2.07. The van der Waals surface area contributed by atoms with Gasteiger partial charge >= 0.3 is 6.03 Å². The van der Waals surface area contributed by atoms with Gasteiger partial charge in [-0.3, -0.25) is 10.3 Å². The largest absolute Gasteiger partial charge is 0.341 e. The minimum Gasteiger partial charge on any atom is -0.341 e. The van der Waals surface area contributed by atoms with E-state index in [2.05, 4.69) is 20.9 Å². The van der Waals surface area contributed by atoms with Crippen LogP contribution in [0, 0.1) is 17.6 Å². The van der Waals surface area contributed by atoms with Gasteiger partial charge in [0.2, 0.25) is 5.96 Å². The average molecular weight is 282 g/mol. The number of nitrogens with one attached hydrogen (secondary N) is 3. The summed E-state index contributed by atoms with van der Waals surface area (Å²) >= 11 is 0. The van der Waals surface area contributed by atoms with Crippen LogP contribution in [0.3, 0.4) is 0 Å². The third-order valence-corrected chi connectivity index (χ3v) is 2.85. The van der Waals surface area contributed by atoms with Crippen molar-refractivity contribution in [3.8, 4) is 0 Å². The number of benzene rings is 1. The number of anilines is 1. The summed E-state index contributed by atoms with van der Waals surface area (Å²) in [4.78, 5) is 15.5. The van der Waals surface area contributed by atoms with Crippen molar-refractivity contribution >= 4 is 17.7 Å². The molecule has 0 saturated heterocycles. The number of halogens is 2. The van der Waals surface area contributed by atoms with Crippen LogP contribution in [-0.2, 0) is 0 Å². The van der Waals surface area contributed by atoms with Gasteiger partial charge in [-0.1, -0.05) is 0 Å². The Morgan fingerprint density at radius 2 is 2.15 bits per heavy atom. The zero-order valence-corrected chi connectivity index (χ0v) is 11.0. The number of hydrogen-bond donors (Lipinski definition) is 3. The zero-order chi connectivity index (χ0) is 14.5. The van der Waals surface area contributed by atoms with E-state index in [0.717, 1.165) is 25.0 Å². The van der Waals surface area contributed by atoms with Gasteiger partial charge in [0.15, 0.2) is 0 Å². The summed E-state index contributed by atoms with van der Waals surface area (Å²) in [5, 5.41) is 7.51. The number of hydrogen-bond acceptors (Lipinski definition) is 2. The van der Waals surface area contributed by atoms with E-state index in [1.807, 2.05) is 0 Å². The van der Waals surface area contributed by atoms with Crippen LogP contribution in [0.2, 0.25) is 0 Å². The van der Waals surface area contributed by atoms with Gasteiger partial charge in [0, 0.05) is 19.7 Å². The molecule has 0 atom stereocenters. The van der Waals surface area contributed by atoms with Crippen LogP contribution in [0.5, 0.6) is 0 Å². The number of rotatable bonds is 3. The van der Waals surface area contributed by atoms with Gasteiger partial charge in [0.1, 0.15) is 11.6 Å². The molecule has 0 bridgehead atoms. The summed E-state index contributed by atoms with van der Waals surface area (Å²) in [6.45, 7) is 0.565. The first-order chi connectivity index (χ1) is 9.58. The molecule has 1 aromatic carbocycles. The molecule has 3 N–H and O–H groups in total. The highest BCUT2D eigenvalue weighted by Gasteiger charge is 2.21. The summed E-state index contributed by atoms with van der Waals surface area (Å²) in [5.74, 6) is -0.746. The maximum atomic E-state index is 13.6. The third kappa shape index (κ3) is 4.18. The minimum atomic E-state index is -0.747. The molecule has 0 aromatic heterocycles. The van der Waals surface area contributed by atoms with Crippen molar-refractivity contribution in [3.05, 3.63) is 29.8 Å². The summed E-state index contributed by atoms with van der Waals surface area (Å²) in [5.41, 5.74) is 0.0531. The Kier molecular flexibility index (Phi) is 4.49. The molecule has 0 aliphatic heterocycles. The first kappa shape index (κ1) is 14.2. The Morgan fingerprint density at radius 3 is 2.75 bits per heavy atom. The lowest BCUT2D eigenvalue weighted by Crippen LogP contribution is -2.41. The summed E-state index contributed by atoms with van der Waals surface area (Å²) in [6.07, 6.45) is 2.23. The fourth-order valence-electron chi connectivity index (χ4n) is 1.52. The van der Waals surface area contributed by atoms with Gasteiger partial charge in [-0.25, -0.2) is 13.6 Å². The van der Waals surface area contributed by atoms with E-state index < -0.39 is 17.7 Å². The lowest BCUT2D eigenvalue weighted by molar-refractivity contribution is 0.247. The van der Waals surface area contributed by atoms with Crippen LogP contribution in [0.25, 0.3) is 0 Å². The average Bonchev–Trinajstić information content (AvgIpc) is 3.23. The fourth-order valence-corrected chi connectivity index (χ4v) is 1.52. The van der Waals surface area contributed by atoms with Crippen LogP contribution in [0.1, 0.15) is 12.8 Å². The molecule has 1 aliphatic rings. The topological polar surface area (TPSA) is 65.5 Å². The Labute approximate surface area is 115 Å². The third-order valence-electron chi connectivity index (χ3n) is 2.85. The Morgan fingerprint density at radius 1 is 1.40 bits per heavy atom. The Balaban J connectivity index is 2.08. The highest BCUT2D eigenvalue weighted by Crippen LogP contribution is 2.28. The first-order valence-electron chi connectivity index (χ1n) is 6.33. The number of amides is 2. The quantitative estimate of drug-likeness (QED) is 0.587. The molecule has 1 saturated carbocycles. The van der Waals surface area contributed by atoms with Gasteiger partial charge in [0.25, 0.3) is 0 Å². The second-order valence-corrected chi connectivity index (χ2v) is 4.59. The molecule has 1 aromatic rings. The minimum absolute atomic E-state index is 0.0531. The molecule has 2 amide bonds. The van der Waals surface area contributed by atoms with Crippen LogP contribution < -0.4 is 16.0 Å². The molecule has 0 spiro atoms. The lowest BCUT2D eigenvalue weighted by Gasteiger charge is -2.12. The van der Waals surface area contributed by atoms with Crippen LogP contribution >= 0.6 is 0 Å².